The molecule has 0 radical (unpaired) electrons. The molecule has 0 spiro atoms. The van der Waals surface area contributed by atoms with Crippen LogP contribution in [0.1, 0.15) is 5.69 Å². The second-order valence-corrected chi connectivity index (χ2v) is 5.24. The summed E-state index contributed by atoms with van der Waals surface area (Å²) < 4.78 is 15.7. The number of nitrogens with zero attached hydrogens (tertiary/aromatic N) is 1. The van der Waals surface area contributed by atoms with E-state index in [1.807, 2.05) is 23.6 Å². The molecule has 0 saturated heterocycles. The molecule has 0 atom stereocenters. The van der Waals surface area contributed by atoms with Gasteiger partial charge >= 0.3 is 0 Å². The lowest BCUT2D eigenvalue weighted by molar-refractivity contribution is 0.199. The van der Waals surface area contributed by atoms with Gasteiger partial charge in [0.05, 0.1) is 32.1 Å². The molecule has 1 aromatic heterocycles. The molecule has 114 valence electrons. The number of benzene rings is 1. The van der Waals surface area contributed by atoms with Crippen molar-refractivity contribution in [3.8, 4) is 22.1 Å². The molecule has 0 amide bonds. The van der Waals surface area contributed by atoms with Crippen molar-refractivity contribution in [1.82, 2.24) is 10.3 Å². The van der Waals surface area contributed by atoms with E-state index in [4.69, 9.17) is 14.2 Å². The molecule has 1 aromatic carbocycles. The number of methoxy groups -OCH3 is 3. The van der Waals surface area contributed by atoms with Crippen LogP contribution in [0.25, 0.3) is 10.6 Å². The molecule has 0 saturated carbocycles. The Bertz CT molecular complexity index is 572. The van der Waals surface area contributed by atoms with Gasteiger partial charge in [-0.3, -0.25) is 0 Å². The predicted molar refractivity (Wildman–Crippen MR) is 84.2 cm³/mol. The van der Waals surface area contributed by atoms with Crippen molar-refractivity contribution in [3.63, 3.8) is 0 Å². The maximum Gasteiger partial charge on any atom is 0.129 e. The fourth-order valence-corrected chi connectivity index (χ4v) is 2.72. The van der Waals surface area contributed by atoms with Crippen LogP contribution in [0.4, 0.5) is 0 Å². The highest BCUT2D eigenvalue weighted by molar-refractivity contribution is 7.13. The Kier molecular flexibility index (Phi) is 5.98. The van der Waals surface area contributed by atoms with E-state index >= 15 is 0 Å². The van der Waals surface area contributed by atoms with Gasteiger partial charge in [-0.2, -0.15) is 0 Å². The maximum absolute atomic E-state index is 5.40. The molecule has 1 heterocycles. The summed E-state index contributed by atoms with van der Waals surface area (Å²) in [6.45, 7) is 2.23. The van der Waals surface area contributed by atoms with E-state index in [1.54, 1.807) is 32.7 Å². The van der Waals surface area contributed by atoms with Crippen molar-refractivity contribution < 1.29 is 14.2 Å². The Hall–Kier alpha value is -1.63. The first-order valence-electron chi connectivity index (χ1n) is 6.65. The number of rotatable bonds is 8. The number of hydrogen-bond acceptors (Lipinski definition) is 6. The third-order valence-corrected chi connectivity index (χ3v) is 3.90. The zero-order valence-corrected chi connectivity index (χ0v) is 13.3. The number of aromatic nitrogens is 1. The minimum absolute atomic E-state index is 0.695. The summed E-state index contributed by atoms with van der Waals surface area (Å²) in [5.74, 6) is 1.59. The first-order chi connectivity index (χ1) is 10.3. The van der Waals surface area contributed by atoms with E-state index in [1.165, 1.54) is 0 Å². The van der Waals surface area contributed by atoms with Crippen LogP contribution >= 0.6 is 11.3 Å². The Morgan fingerprint density at radius 3 is 2.76 bits per heavy atom. The third-order valence-electron chi connectivity index (χ3n) is 2.98. The van der Waals surface area contributed by atoms with Gasteiger partial charge in [0.15, 0.2) is 0 Å². The molecule has 0 bridgehead atoms. The zero-order chi connectivity index (χ0) is 15.1. The Labute approximate surface area is 128 Å². The van der Waals surface area contributed by atoms with Gasteiger partial charge in [-0.1, -0.05) is 0 Å². The Balaban J connectivity index is 2.13. The summed E-state index contributed by atoms with van der Waals surface area (Å²) in [5, 5.41) is 6.26. The van der Waals surface area contributed by atoms with Gasteiger partial charge in [-0.25, -0.2) is 4.98 Å². The summed E-state index contributed by atoms with van der Waals surface area (Å²) in [7, 11) is 5.00. The minimum Gasteiger partial charge on any atom is -0.497 e. The summed E-state index contributed by atoms with van der Waals surface area (Å²) in [4.78, 5) is 4.64. The number of thiazole rings is 1. The molecule has 0 unspecified atom stereocenters. The Morgan fingerprint density at radius 2 is 2.05 bits per heavy atom. The first kappa shape index (κ1) is 15.8. The molecule has 0 aliphatic rings. The predicted octanol–water partition coefficient (Wildman–Crippen LogP) is 2.56. The Morgan fingerprint density at radius 1 is 1.19 bits per heavy atom. The summed E-state index contributed by atoms with van der Waals surface area (Å²) >= 11 is 1.60. The highest BCUT2D eigenvalue weighted by Gasteiger charge is 2.11. The van der Waals surface area contributed by atoms with Crippen LogP contribution in [0.15, 0.2) is 23.6 Å². The lowest BCUT2D eigenvalue weighted by Gasteiger charge is -2.08. The summed E-state index contributed by atoms with van der Waals surface area (Å²) in [6.07, 6.45) is 0. The van der Waals surface area contributed by atoms with Crippen LogP contribution in [0, 0.1) is 0 Å². The molecule has 2 rings (SSSR count). The molecule has 1 N–H and O–H groups in total. The molecule has 6 heteroatoms. The number of hydrogen-bond donors (Lipinski definition) is 1. The minimum atomic E-state index is 0.695. The van der Waals surface area contributed by atoms with Crippen molar-refractivity contribution >= 4 is 11.3 Å². The lowest BCUT2D eigenvalue weighted by atomic mass is 10.2. The van der Waals surface area contributed by atoms with Crippen molar-refractivity contribution in [1.29, 1.82) is 0 Å². The van der Waals surface area contributed by atoms with Crippen molar-refractivity contribution in [2.45, 2.75) is 6.54 Å². The molecule has 5 nitrogen and oxygen atoms in total. The lowest BCUT2D eigenvalue weighted by Crippen LogP contribution is -2.18. The van der Waals surface area contributed by atoms with Crippen LogP contribution in [-0.2, 0) is 11.3 Å². The average molecular weight is 308 g/mol. The topological polar surface area (TPSA) is 52.6 Å². The van der Waals surface area contributed by atoms with Gasteiger partial charge in [0.2, 0.25) is 0 Å². The van der Waals surface area contributed by atoms with Gasteiger partial charge in [0.25, 0.3) is 0 Å². The molecule has 0 fully saturated rings. The number of nitrogens with one attached hydrogen (secondary N) is 1. The summed E-state index contributed by atoms with van der Waals surface area (Å²) in [6, 6.07) is 5.72. The van der Waals surface area contributed by atoms with Gasteiger partial charge in [0.1, 0.15) is 16.5 Å². The van der Waals surface area contributed by atoms with Crippen LogP contribution in [0.3, 0.4) is 0 Å². The second kappa shape index (κ2) is 7.97. The fourth-order valence-electron chi connectivity index (χ4n) is 1.88. The molecule has 21 heavy (non-hydrogen) atoms. The van der Waals surface area contributed by atoms with Crippen molar-refractivity contribution in [3.05, 3.63) is 29.3 Å². The monoisotopic (exact) mass is 308 g/mol. The van der Waals surface area contributed by atoms with Gasteiger partial charge in [0, 0.05) is 25.6 Å². The first-order valence-corrected chi connectivity index (χ1v) is 7.53. The second-order valence-electron chi connectivity index (χ2n) is 4.38. The third kappa shape index (κ3) is 4.17. The summed E-state index contributed by atoms with van der Waals surface area (Å²) in [5.41, 5.74) is 1.96. The van der Waals surface area contributed by atoms with E-state index in [9.17, 15) is 0 Å². The van der Waals surface area contributed by atoms with E-state index in [0.717, 1.165) is 40.9 Å². The standard InChI is InChI=1S/C15H20N2O3S/c1-18-7-6-16-9-11-10-21-15(17-11)13-8-12(19-2)4-5-14(13)20-3/h4-5,8,10,16H,6-7,9H2,1-3H3. The largest absolute Gasteiger partial charge is 0.497 e. The number of ether oxygens (including phenoxy) is 3. The maximum atomic E-state index is 5.40. The van der Waals surface area contributed by atoms with Crippen LogP contribution in [0.5, 0.6) is 11.5 Å². The van der Waals surface area contributed by atoms with Crippen LogP contribution < -0.4 is 14.8 Å². The quantitative estimate of drug-likeness (QED) is 0.760. The fraction of sp³-hybridized carbons (Fsp3) is 0.400. The zero-order valence-electron chi connectivity index (χ0n) is 12.5. The van der Waals surface area contributed by atoms with Gasteiger partial charge < -0.3 is 19.5 Å². The van der Waals surface area contributed by atoms with Gasteiger partial charge in [-0.05, 0) is 18.2 Å². The normalized spacial score (nSPS) is 10.6. The highest BCUT2D eigenvalue weighted by Crippen LogP contribution is 2.35. The molecular weight excluding hydrogens is 288 g/mol. The molecular formula is C15H20N2O3S. The average Bonchev–Trinajstić information content (AvgIpc) is 2.99. The van der Waals surface area contributed by atoms with Crippen LogP contribution in [0.2, 0.25) is 0 Å². The highest BCUT2D eigenvalue weighted by atomic mass is 32.1. The van der Waals surface area contributed by atoms with E-state index < -0.39 is 0 Å². The van der Waals surface area contributed by atoms with Crippen molar-refractivity contribution in [2.24, 2.45) is 0 Å². The molecule has 0 aliphatic carbocycles. The van der Waals surface area contributed by atoms with Crippen LogP contribution in [-0.4, -0.2) is 39.5 Å². The SMILES string of the molecule is COCCNCc1csc(-c2cc(OC)ccc2OC)n1. The van der Waals surface area contributed by atoms with E-state index in [2.05, 4.69) is 10.3 Å². The molecule has 0 aliphatic heterocycles. The van der Waals surface area contributed by atoms with E-state index in [0.29, 0.717) is 6.61 Å². The molecule has 2 aromatic rings. The van der Waals surface area contributed by atoms with Crippen molar-refractivity contribution in [2.75, 3.05) is 34.5 Å². The van der Waals surface area contributed by atoms with E-state index in [-0.39, 0.29) is 0 Å². The smallest absolute Gasteiger partial charge is 0.129 e. The van der Waals surface area contributed by atoms with Gasteiger partial charge in [-0.15, -0.1) is 11.3 Å².